The largest absolute Gasteiger partial charge is 0.421 e. The van der Waals surface area contributed by atoms with Gasteiger partial charge in [0.15, 0.2) is 0 Å². The van der Waals surface area contributed by atoms with Gasteiger partial charge in [-0.3, -0.25) is 9.48 Å². The lowest BCUT2D eigenvalue weighted by Crippen LogP contribution is -2.33. The molecule has 2 aromatic heterocycles. The number of aryl methyl sites for hydroxylation is 1. The lowest BCUT2D eigenvalue weighted by Gasteiger charge is -2.20. The summed E-state index contributed by atoms with van der Waals surface area (Å²) in [6, 6.07) is 0.252. The average molecular weight is 497 g/mol. The van der Waals surface area contributed by atoms with Crippen LogP contribution in [0.3, 0.4) is 0 Å². The Morgan fingerprint density at radius 2 is 2.09 bits per heavy atom. The summed E-state index contributed by atoms with van der Waals surface area (Å²) in [6.07, 6.45) is -0.210. The first-order chi connectivity index (χ1) is 16.7. The fourth-order valence-electron chi connectivity index (χ4n) is 4.26. The number of hydrogen-bond donors (Lipinski definition) is 2. The molecule has 2 fully saturated rings. The molecule has 0 radical (unpaired) electrons. The minimum atomic E-state index is -4.60. The predicted octanol–water partition coefficient (Wildman–Crippen LogP) is 2.67. The number of anilines is 3. The van der Waals surface area contributed by atoms with E-state index in [4.69, 9.17) is 4.74 Å². The van der Waals surface area contributed by atoms with Crippen molar-refractivity contribution in [3.8, 4) is 0 Å². The number of hydrogen-bond acceptors (Lipinski definition) is 8. The monoisotopic (exact) mass is 496 g/mol. The topological polar surface area (TPSA) is 100 Å². The molecule has 0 aliphatic carbocycles. The quantitative estimate of drug-likeness (QED) is 0.538. The highest BCUT2D eigenvalue weighted by Gasteiger charge is 2.35. The molecule has 13 heteroatoms. The molecule has 2 aromatic rings. The SMILES string of the molecule is Cc1nn([C@H]2CCN(C)C2)cc1Nc1ncc(C(F)(F)F)c(NCCCN2CCOCCC2=O)n1. The fourth-order valence-corrected chi connectivity index (χ4v) is 4.26. The van der Waals surface area contributed by atoms with Crippen molar-refractivity contribution in [2.75, 3.05) is 63.6 Å². The zero-order valence-corrected chi connectivity index (χ0v) is 19.9. The molecule has 0 bridgehead atoms. The van der Waals surface area contributed by atoms with Gasteiger partial charge in [0.1, 0.15) is 11.4 Å². The molecular formula is C22H31F3N8O2. The van der Waals surface area contributed by atoms with Crippen LogP contribution in [-0.2, 0) is 15.7 Å². The van der Waals surface area contributed by atoms with Gasteiger partial charge in [-0.2, -0.15) is 23.3 Å². The number of likely N-dealkylation sites (N-methyl/N-ethyl adjacent to an activating group) is 1. The third-order valence-corrected chi connectivity index (χ3v) is 6.21. The number of carbonyl (C=O) groups is 1. The smallest absolute Gasteiger partial charge is 0.379 e. The number of aromatic nitrogens is 4. The molecule has 2 aliphatic rings. The molecule has 0 spiro atoms. The van der Waals surface area contributed by atoms with Crippen LogP contribution in [0.1, 0.15) is 36.6 Å². The number of nitrogens with one attached hydrogen (secondary N) is 2. The number of alkyl halides is 3. The second-order valence-electron chi connectivity index (χ2n) is 8.92. The van der Waals surface area contributed by atoms with Gasteiger partial charge < -0.3 is 25.2 Å². The highest BCUT2D eigenvalue weighted by Crippen LogP contribution is 2.34. The summed E-state index contributed by atoms with van der Waals surface area (Å²) < 4.78 is 47.8. The normalized spacial score (nSPS) is 19.7. The van der Waals surface area contributed by atoms with E-state index in [1.165, 1.54) is 0 Å². The first-order valence-electron chi connectivity index (χ1n) is 11.8. The van der Waals surface area contributed by atoms with Crippen LogP contribution in [-0.4, -0.2) is 88.4 Å². The third kappa shape index (κ3) is 6.40. The van der Waals surface area contributed by atoms with Gasteiger partial charge in [0.25, 0.3) is 0 Å². The maximum atomic E-state index is 13.6. The van der Waals surface area contributed by atoms with E-state index in [9.17, 15) is 18.0 Å². The van der Waals surface area contributed by atoms with Crippen LogP contribution in [0, 0.1) is 6.92 Å². The van der Waals surface area contributed by atoms with Crippen molar-refractivity contribution in [3.05, 3.63) is 23.7 Å². The lowest BCUT2D eigenvalue weighted by molar-refractivity contribution is -0.137. The van der Waals surface area contributed by atoms with Gasteiger partial charge in [-0.15, -0.1) is 0 Å². The van der Waals surface area contributed by atoms with Crippen LogP contribution in [0.15, 0.2) is 12.4 Å². The molecule has 2 aliphatic heterocycles. The number of carbonyl (C=O) groups excluding carboxylic acids is 1. The molecular weight excluding hydrogens is 465 g/mol. The third-order valence-electron chi connectivity index (χ3n) is 6.21. The van der Waals surface area contributed by atoms with Crippen LogP contribution in [0.25, 0.3) is 0 Å². The maximum absolute atomic E-state index is 13.6. The standard InChI is InChI=1S/C22H31F3N8O2/c1-15-18(14-33(30-15)16-4-8-31(2)13-16)28-21-27-12-17(22(23,24)25)20(29-21)26-6-3-7-32-9-11-35-10-5-19(32)34/h12,14,16H,3-11,13H2,1-2H3,(H2,26,27,28,29)/t16-/m0/s1. The van der Waals surface area contributed by atoms with Gasteiger partial charge in [0.2, 0.25) is 11.9 Å². The Morgan fingerprint density at radius 1 is 1.26 bits per heavy atom. The molecule has 1 amide bonds. The van der Waals surface area contributed by atoms with E-state index in [-0.39, 0.29) is 30.3 Å². The van der Waals surface area contributed by atoms with Crippen molar-refractivity contribution in [2.45, 2.75) is 38.4 Å². The van der Waals surface area contributed by atoms with Crippen molar-refractivity contribution in [3.63, 3.8) is 0 Å². The molecule has 0 aromatic carbocycles. The maximum Gasteiger partial charge on any atom is 0.421 e. The van der Waals surface area contributed by atoms with E-state index in [1.54, 1.807) is 4.90 Å². The first kappa shape index (κ1) is 25.2. The Morgan fingerprint density at radius 3 is 2.83 bits per heavy atom. The van der Waals surface area contributed by atoms with Crippen molar-refractivity contribution in [2.24, 2.45) is 0 Å². The highest BCUT2D eigenvalue weighted by atomic mass is 19.4. The number of amides is 1. The van der Waals surface area contributed by atoms with Gasteiger partial charge in [-0.25, -0.2) is 4.98 Å². The number of nitrogens with zero attached hydrogens (tertiary/aromatic N) is 6. The van der Waals surface area contributed by atoms with E-state index in [2.05, 4.69) is 37.6 Å². The first-order valence-corrected chi connectivity index (χ1v) is 11.8. The fraction of sp³-hybridized carbons (Fsp3) is 0.636. The van der Waals surface area contributed by atoms with E-state index in [1.807, 2.05) is 17.8 Å². The lowest BCUT2D eigenvalue weighted by atomic mass is 10.2. The van der Waals surface area contributed by atoms with E-state index in [0.29, 0.717) is 50.5 Å². The summed E-state index contributed by atoms with van der Waals surface area (Å²) in [4.78, 5) is 23.9. The molecule has 4 rings (SSSR count). The minimum Gasteiger partial charge on any atom is -0.379 e. The van der Waals surface area contributed by atoms with Crippen molar-refractivity contribution < 1.29 is 22.7 Å². The van der Waals surface area contributed by atoms with Crippen molar-refractivity contribution >= 4 is 23.4 Å². The summed E-state index contributed by atoms with van der Waals surface area (Å²) >= 11 is 0. The Balaban J connectivity index is 1.42. The Hall–Kier alpha value is -2.93. The zero-order chi connectivity index (χ0) is 25.0. The second kappa shape index (κ2) is 10.8. The Bertz CT molecular complexity index is 1030. The van der Waals surface area contributed by atoms with E-state index < -0.39 is 11.7 Å². The summed E-state index contributed by atoms with van der Waals surface area (Å²) in [5, 5.41) is 10.3. The molecule has 1 atom stereocenters. The van der Waals surface area contributed by atoms with Gasteiger partial charge in [0.05, 0.1) is 37.1 Å². The van der Waals surface area contributed by atoms with Crippen LogP contribution in [0.2, 0.25) is 0 Å². The van der Waals surface area contributed by atoms with Crippen LogP contribution in [0.4, 0.5) is 30.6 Å². The molecule has 192 valence electrons. The van der Waals surface area contributed by atoms with E-state index >= 15 is 0 Å². The Labute approximate surface area is 201 Å². The number of likely N-dealkylation sites (tertiary alicyclic amines) is 1. The summed E-state index contributed by atoms with van der Waals surface area (Å²) in [5.41, 5.74) is 0.416. The van der Waals surface area contributed by atoms with Crippen molar-refractivity contribution in [1.29, 1.82) is 0 Å². The molecule has 2 N–H and O–H groups in total. The van der Waals surface area contributed by atoms with Gasteiger partial charge in [-0.05, 0) is 33.4 Å². The van der Waals surface area contributed by atoms with Crippen LogP contribution in [0.5, 0.6) is 0 Å². The predicted molar refractivity (Wildman–Crippen MR) is 124 cm³/mol. The number of rotatable bonds is 8. The average Bonchev–Trinajstić information content (AvgIpc) is 3.32. The minimum absolute atomic E-state index is 0.00725. The van der Waals surface area contributed by atoms with Gasteiger partial charge >= 0.3 is 6.18 Å². The van der Waals surface area contributed by atoms with E-state index in [0.717, 1.165) is 25.7 Å². The van der Waals surface area contributed by atoms with Crippen LogP contribution < -0.4 is 10.6 Å². The van der Waals surface area contributed by atoms with Gasteiger partial charge in [0, 0.05) is 38.6 Å². The van der Waals surface area contributed by atoms with Gasteiger partial charge in [-0.1, -0.05) is 0 Å². The summed E-state index contributed by atoms with van der Waals surface area (Å²) in [5.74, 6) is -0.262. The second-order valence-corrected chi connectivity index (χ2v) is 8.92. The summed E-state index contributed by atoms with van der Waals surface area (Å²) in [6.45, 7) is 5.71. The number of ether oxygens (including phenoxy) is 1. The molecule has 0 unspecified atom stereocenters. The molecule has 35 heavy (non-hydrogen) atoms. The highest BCUT2D eigenvalue weighted by molar-refractivity contribution is 5.76. The molecule has 2 saturated heterocycles. The van der Waals surface area contributed by atoms with Crippen LogP contribution >= 0.6 is 0 Å². The Kier molecular flexibility index (Phi) is 7.75. The van der Waals surface area contributed by atoms with Crippen molar-refractivity contribution in [1.82, 2.24) is 29.5 Å². The molecule has 10 nitrogen and oxygen atoms in total. The number of halogens is 3. The molecule has 4 heterocycles. The summed E-state index contributed by atoms with van der Waals surface area (Å²) in [7, 11) is 2.06. The molecule has 0 saturated carbocycles. The zero-order valence-electron chi connectivity index (χ0n) is 19.9.